The lowest BCUT2D eigenvalue weighted by atomic mass is 10.1. The van der Waals surface area contributed by atoms with Crippen LogP contribution in [-0.4, -0.2) is 41.5 Å². The Morgan fingerprint density at radius 1 is 1.65 bits per heavy atom. The van der Waals surface area contributed by atoms with Gasteiger partial charge in [0.2, 0.25) is 0 Å². The number of aromatic nitrogens is 1. The molecule has 0 amide bonds. The van der Waals surface area contributed by atoms with E-state index in [0.29, 0.717) is 11.7 Å². The summed E-state index contributed by atoms with van der Waals surface area (Å²) in [5.74, 6) is 1.34. The van der Waals surface area contributed by atoms with Crippen LogP contribution in [0, 0.1) is 16.0 Å². The second-order valence-electron chi connectivity index (χ2n) is 4.46. The van der Waals surface area contributed by atoms with Crippen LogP contribution in [0.1, 0.15) is 6.42 Å². The Labute approximate surface area is 99.8 Å². The Balaban J connectivity index is 1.85. The number of anilines is 1. The van der Waals surface area contributed by atoms with Gasteiger partial charge in [0.05, 0.1) is 4.92 Å². The Morgan fingerprint density at radius 3 is 3.00 bits per heavy atom. The van der Waals surface area contributed by atoms with Gasteiger partial charge in [-0.3, -0.25) is 10.1 Å². The number of nitrogens with one attached hydrogen (secondary N) is 1. The van der Waals surface area contributed by atoms with Crippen LogP contribution in [0.2, 0.25) is 0 Å². The van der Waals surface area contributed by atoms with Crippen molar-refractivity contribution in [2.45, 2.75) is 6.42 Å². The summed E-state index contributed by atoms with van der Waals surface area (Å²) in [5.41, 5.74) is 0.0242. The van der Waals surface area contributed by atoms with E-state index in [2.05, 4.69) is 22.2 Å². The highest BCUT2D eigenvalue weighted by atomic mass is 16.6. The molecule has 1 aromatic heterocycles. The molecule has 17 heavy (non-hydrogen) atoms. The molecule has 0 saturated carbocycles. The summed E-state index contributed by atoms with van der Waals surface area (Å²) in [5, 5.41) is 13.7. The molecule has 0 aromatic carbocycles. The normalized spacial score (nSPS) is 20.4. The van der Waals surface area contributed by atoms with Crippen molar-refractivity contribution in [3.63, 3.8) is 0 Å². The highest BCUT2D eigenvalue weighted by Gasteiger charge is 2.19. The van der Waals surface area contributed by atoms with Crippen LogP contribution >= 0.6 is 0 Å². The highest BCUT2D eigenvalue weighted by Crippen LogP contribution is 2.16. The van der Waals surface area contributed by atoms with Crippen molar-refractivity contribution >= 4 is 11.5 Å². The van der Waals surface area contributed by atoms with Crippen molar-refractivity contribution in [2.24, 2.45) is 5.92 Å². The molecule has 2 rings (SSSR count). The fourth-order valence-corrected chi connectivity index (χ4v) is 2.04. The molecule has 1 aliphatic heterocycles. The van der Waals surface area contributed by atoms with E-state index in [1.807, 2.05) is 0 Å². The Hall–Kier alpha value is -1.69. The van der Waals surface area contributed by atoms with Crippen LogP contribution in [0.5, 0.6) is 0 Å². The minimum absolute atomic E-state index is 0.0242. The van der Waals surface area contributed by atoms with Gasteiger partial charge in [-0.2, -0.15) is 0 Å². The molecule has 1 unspecified atom stereocenters. The maximum atomic E-state index is 10.5. The van der Waals surface area contributed by atoms with Crippen molar-refractivity contribution in [1.82, 2.24) is 9.88 Å². The largest absolute Gasteiger partial charge is 0.370 e. The Bertz CT molecular complexity index is 393. The van der Waals surface area contributed by atoms with Gasteiger partial charge in [-0.25, -0.2) is 4.98 Å². The average molecular weight is 236 g/mol. The Morgan fingerprint density at radius 2 is 2.47 bits per heavy atom. The first-order valence-electron chi connectivity index (χ1n) is 5.68. The summed E-state index contributed by atoms with van der Waals surface area (Å²) in [6.45, 7) is 3.11. The van der Waals surface area contributed by atoms with Gasteiger partial charge in [0, 0.05) is 19.2 Å². The van der Waals surface area contributed by atoms with Crippen molar-refractivity contribution in [1.29, 1.82) is 0 Å². The van der Waals surface area contributed by atoms with Crippen LogP contribution < -0.4 is 5.32 Å². The summed E-state index contributed by atoms with van der Waals surface area (Å²) >= 11 is 0. The third-order valence-corrected chi connectivity index (χ3v) is 3.02. The van der Waals surface area contributed by atoms with Crippen molar-refractivity contribution in [3.05, 3.63) is 28.4 Å². The van der Waals surface area contributed by atoms with Crippen LogP contribution in [0.25, 0.3) is 0 Å². The fraction of sp³-hybridized carbons (Fsp3) is 0.545. The molecular weight excluding hydrogens is 220 g/mol. The van der Waals surface area contributed by atoms with Gasteiger partial charge >= 0.3 is 0 Å². The quantitative estimate of drug-likeness (QED) is 0.631. The first kappa shape index (κ1) is 11.8. The number of nitrogens with zero attached hydrogens (tertiary/aromatic N) is 3. The van der Waals surface area contributed by atoms with E-state index in [9.17, 15) is 10.1 Å². The maximum Gasteiger partial charge on any atom is 0.287 e. The van der Waals surface area contributed by atoms with Crippen molar-refractivity contribution in [2.75, 3.05) is 32.0 Å². The summed E-state index contributed by atoms with van der Waals surface area (Å²) in [6, 6.07) is 3.12. The third kappa shape index (κ3) is 3.13. The van der Waals surface area contributed by atoms with Gasteiger partial charge in [-0.15, -0.1) is 0 Å². The van der Waals surface area contributed by atoms with Gasteiger partial charge in [0.1, 0.15) is 12.0 Å². The van der Waals surface area contributed by atoms with E-state index in [1.54, 1.807) is 6.07 Å². The van der Waals surface area contributed by atoms with E-state index in [0.717, 1.165) is 19.6 Å². The number of hydrogen-bond donors (Lipinski definition) is 1. The van der Waals surface area contributed by atoms with E-state index < -0.39 is 4.92 Å². The number of nitro groups is 1. The predicted molar refractivity (Wildman–Crippen MR) is 65.0 cm³/mol. The molecule has 1 saturated heterocycles. The van der Waals surface area contributed by atoms with Crippen LogP contribution in [0.4, 0.5) is 11.5 Å². The average Bonchev–Trinajstić information content (AvgIpc) is 2.73. The molecule has 1 aromatic rings. The number of pyridine rings is 1. The summed E-state index contributed by atoms with van der Waals surface area (Å²) in [4.78, 5) is 16.3. The van der Waals surface area contributed by atoms with E-state index in [1.165, 1.54) is 18.7 Å². The van der Waals surface area contributed by atoms with Gasteiger partial charge in [0.15, 0.2) is 0 Å². The first-order valence-corrected chi connectivity index (χ1v) is 5.68. The van der Waals surface area contributed by atoms with E-state index in [-0.39, 0.29) is 5.69 Å². The lowest BCUT2D eigenvalue weighted by molar-refractivity contribution is -0.385. The van der Waals surface area contributed by atoms with E-state index >= 15 is 0 Å². The second-order valence-corrected chi connectivity index (χ2v) is 4.46. The van der Waals surface area contributed by atoms with Crippen molar-refractivity contribution < 1.29 is 4.92 Å². The molecule has 1 aliphatic rings. The zero-order valence-electron chi connectivity index (χ0n) is 9.80. The summed E-state index contributed by atoms with van der Waals surface area (Å²) in [6.07, 6.45) is 2.47. The summed E-state index contributed by atoms with van der Waals surface area (Å²) in [7, 11) is 2.12. The smallest absolute Gasteiger partial charge is 0.287 e. The molecule has 6 heteroatoms. The van der Waals surface area contributed by atoms with Crippen molar-refractivity contribution in [3.8, 4) is 0 Å². The first-order chi connectivity index (χ1) is 8.15. The molecule has 6 nitrogen and oxygen atoms in total. The zero-order valence-corrected chi connectivity index (χ0v) is 9.80. The predicted octanol–water partition coefficient (Wildman–Crippen LogP) is 1.35. The molecule has 92 valence electrons. The van der Waals surface area contributed by atoms with Crippen LogP contribution in [0.3, 0.4) is 0 Å². The Kier molecular flexibility index (Phi) is 3.53. The zero-order chi connectivity index (χ0) is 12.3. The van der Waals surface area contributed by atoms with Crippen LogP contribution in [-0.2, 0) is 0 Å². The fourth-order valence-electron chi connectivity index (χ4n) is 2.04. The third-order valence-electron chi connectivity index (χ3n) is 3.02. The SMILES string of the molecule is CN1CCC(CNc2ccc([N+](=O)[O-])cn2)C1. The van der Waals surface area contributed by atoms with Gasteiger partial charge in [0.25, 0.3) is 5.69 Å². The van der Waals surface area contributed by atoms with Gasteiger partial charge < -0.3 is 10.2 Å². The lowest BCUT2D eigenvalue weighted by Crippen LogP contribution is -2.19. The molecule has 2 heterocycles. The monoisotopic (exact) mass is 236 g/mol. The lowest BCUT2D eigenvalue weighted by Gasteiger charge is -2.11. The highest BCUT2D eigenvalue weighted by molar-refractivity contribution is 5.40. The molecular formula is C11H16N4O2. The maximum absolute atomic E-state index is 10.5. The standard InChI is InChI=1S/C11H16N4O2/c1-14-5-4-9(8-14)6-12-11-3-2-10(7-13-11)15(16)17/h2-3,7,9H,4-6,8H2,1H3,(H,12,13). The van der Waals surface area contributed by atoms with Gasteiger partial charge in [-0.1, -0.05) is 0 Å². The number of hydrogen-bond acceptors (Lipinski definition) is 5. The molecule has 1 atom stereocenters. The van der Waals surface area contributed by atoms with Gasteiger partial charge in [-0.05, 0) is 32.0 Å². The minimum Gasteiger partial charge on any atom is -0.370 e. The van der Waals surface area contributed by atoms with Crippen LogP contribution in [0.15, 0.2) is 18.3 Å². The number of rotatable bonds is 4. The second kappa shape index (κ2) is 5.09. The molecule has 1 fully saturated rings. The molecule has 0 aliphatic carbocycles. The number of likely N-dealkylation sites (tertiary alicyclic amines) is 1. The molecule has 0 radical (unpaired) electrons. The molecule has 0 spiro atoms. The minimum atomic E-state index is -0.442. The topological polar surface area (TPSA) is 71.3 Å². The molecule has 0 bridgehead atoms. The van der Waals surface area contributed by atoms with E-state index in [4.69, 9.17) is 0 Å². The summed E-state index contributed by atoms with van der Waals surface area (Å²) < 4.78 is 0. The molecule has 1 N–H and O–H groups in total.